The maximum Gasteiger partial charge on any atom is 0.182 e. The van der Waals surface area contributed by atoms with E-state index in [9.17, 15) is 0 Å². The molecule has 4 rings (SSSR count). The van der Waals surface area contributed by atoms with Crippen LogP contribution >= 0.6 is 0 Å². The van der Waals surface area contributed by atoms with E-state index in [4.69, 9.17) is 9.57 Å². The number of fused-ring (bicyclic) bond motifs is 5. The minimum Gasteiger partial charge on any atom is -0.350 e. The predicted molar refractivity (Wildman–Crippen MR) is 58.5 cm³/mol. The van der Waals surface area contributed by atoms with Gasteiger partial charge in [0.05, 0.1) is 12.6 Å². The highest BCUT2D eigenvalue weighted by Crippen LogP contribution is 2.47. The van der Waals surface area contributed by atoms with E-state index >= 15 is 0 Å². The molecule has 3 aliphatic rings. The summed E-state index contributed by atoms with van der Waals surface area (Å²) in [5.41, 5.74) is 2.94. The molecule has 1 unspecified atom stereocenters. The molecular weight excluding hydrogens is 202 g/mol. The Morgan fingerprint density at radius 1 is 1.25 bits per heavy atom. The Balaban J connectivity index is 1.79. The average molecular weight is 217 g/mol. The lowest BCUT2D eigenvalue weighted by atomic mass is 9.86. The van der Waals surface area contributed by atoms with E-state index in [1.165, 1.54) is 11.1 Å². The van der Waals surface area contributed by atoms with Crippen molar-refractivity contribution in [3.63, 3.8) is 0 Å². The van der Waals surface area contributed by atoms with Crippen LogP contribution in [0.4, 0.5) is 0 Å². The summed E-state index contributed by atoms with van der Waals surface area (Å²) in [4.78, 5) is 5.86. The monoisotopic (exact) mass is 217 g/mol. The SMILES string of the molecule is c1ccc2c(c1)CCN1O[C@H]3OCCC3[C@H]21. The highest BCUT2D eigenvalue weighted by atomic mass is 16.8. The summed E-state index contributed by atoms with van der Waals surface area (Å²) < 4.78 is 5.62. The summed E-state index contributed by atoms with van der Waals surface area (Å²) in [6.45, 7) is 1.85. The molecule has 3 heterocycles. The second-order valence-corrected chi connectivity index (χ2v) is 4.83. The number of hydrogen-bond donors (Lipinski definition) is 0. The maximum absolute atomic E-state index is 5.86. The van der Waals surface area contributed by atoms with Crippen molar-refractivity contribution in [1.82, 2.24) is 5.06 Å². The predicted octanol–water partition coefficient (Wildman–Crippen LogP) is 1.89. The van der Waals surface area contributed by atoms with Gasteiger partial charge in [-0.15, -0.1) is 0 Å². The fraction of sp³-hybridized carbons (Fsp3) is 0.538. The molecule has 0 spiro atoms. The van der Waals surface area contributed by atoms with E-state index in [1.54, 1.807) is 0 Å². The number of rotatable bonds is 0. The molecule has 16 heavy (non-hydrogen) atoms. The summed E-state index contributed by atoms with van der Waals surface area (Å²) in [5.74, 6) is 0.529. The molecule has 0 aliphatic carbocycles. The first kappa shape index (κ1) is 9.16. The van der Waals surface area contributed by atoms with E-state index in [2.05, 4.69) is 29.3 Å². The topological polar surface area (TPSA) is 21.7 Å². The van der Waals surface area contributed by atoms with Crippen molar-refractivity contribution >= 4 is 0 Å². The van der Waals surface area contributed by atoms with Crippen LogP contribution in [0.25, 0.3) is 0 Å². The molecule has 1 aromatic rings. The smallest absolute Gasteiger partial charge is 0.182 e. The van der Waals surface area contributed by atoms with E-state index in [-0.39, 0.29) is 6.29 Å². The first-order valence-electron chi connectivity index (χ1n) is 6.06. The van der Waals surface area contributed by atoms with Gasteiger partial charge < -0.3 is 4.74 Å². The van der Waals surface area contributed by atoms with Gasteiger partial charge in [-0.2, -0.15) is 5.06 Å². The Morgan fingerprint density at radius 3 is 3.19 bits per heavy atom. The molecule has 0 bridgehead atoms. The number of ether oxygens (including phenoxy) is 1. The van der Waals surface area contributed by atoms with Gasteiger partial charge in [0.2, 0.25) is 0 Å². The lowest BCUT2D eigenvalue weighted by Crippen LogP contribution is -2.32. The van der Waals surface area contributed by atoms with Gasteiger partial charge in [-0.1, -0.05) is 24.3 Å². The molecule has 0 saturated carbocycles. The van der Waals surface area contributed by atoms with Crippen LogP contribution < -0.4 is 0 Å². The Bertz CT molecular complexity index is 420. The van der Waals surface area contributed by atoms with Gasteiger partial charge in [-0.3, -0.25) is 4.84 Å². The van der Waals surface area contributed by atoms with Crippen molar-refractivity contribution in [2.45, 2.75) is 25.2 Å². The molecule has 3 atom stereocenters. The lowest BCUT2D eigenvalue weighted by molar-refractivity contribution is -0.234. The fourth-order valence-corrected chi connectivity index (χ4v) is 3.27. The van der Waals surface area contributed by atoms with Gasteiger partial charge in [0, 0.05) is 12.5 Å². The number of nitrogens with zero attached hydrogens (tertiary/aromatic N) is 1. The molecule has 3 nitrogen and oxygen atoms in total. The third-order valence-corrected chi connectivity index (χ3v) is 4.01. The summed E-state index contributed by atoms with van der Waals surface area (Å²) in [6.07, 6.45) is 2.22. The van der Waals surface area contributed by atoms with Crippen molar-refractivity contribution in [3.8, 4) is 0 Å². The molecule has 0 radical (unpaired) electrons. The normalized spacial score (nSPS) is 36.9. The van der Waals surface area contributed by atoms with E-state index in [1.807, 2.05) is 0 Å². The molecule has 0 amide bonds. The third kappa shape index (κ3) is 1.14. The maximum atomic E-state index is 5.86. The van der Waals surface area contributed by atoms with Crippen LogP contribution in [0.1, 0.15) is 23.6 Å². The van der Waals surface area contributed by atoms with Gasteiger partial charge in [0.25, 0.3) is 0 Å². The second-order valence-electron chi connectivity index (χ2n) is 4.83. The van der Waals surface area contributed by atoms with Crippen molar-refractivity contribution in [1.29, 1.82) is 0 Å². The zero-order valence-electron chi connectivity index (χ0n) is 9.13. The van der Waals surface area contributed by atoms with Crippen LogP contribution in [-0.4, -0.2) is 24.5 Å². The summed E-state index contributed by atoms with van der Waals surface area (Å²) in [6, 6.07) is 9.18. The number of hydroxylamine groups is 2. The second kappa shape index (κ2) is 3.29. The zero-order valence-corrected chi connectivity index (χ0v) is 9.13. The average Bonchev–Trinajstić information content (AvgIpc) is 2.88. The lowest BCUT2D eigenvalue weighted by Gasteiger charge is -2.31. The number of benzene rings is 1. The van der Waals surface area contributed by atoms with Crippen molar-refractivity contribution in [3.05, 3.63) is 35.4 Å². The van der Waals surface area contributed by atoms with Gasteiger partial charge in [0.15, 0.2) is 6.29 Å². The van der Waals surface area contributed by atoms with Crippen LogP contribution in [0.15, 0.2) is 24.3 Å². The van der Waals surface area contributed by atoms with Crippen LogP contribution in [0.5, 0.6) is 0 Å². The van der Waals surface area contributed by atoms with Crippen LogP contribution in [-0.2, 0) is 16.0 Å². The standard InChI is InChI=1S/C13H15NO2/c1-2-4-10-9(3-1)5-7-14-12(10)11-6-8-15-13(11)16-14/h1-4,11-13H,5-8H2/t11?,12-,13+/m0/s1. The van der Waals surface area contributed by atoms with Gasteiger partial charge in [-0.25, -0.2) is 0 Å². The largest absolute Gasteiger partial charge is 0.350 e. The summed E-state index contributed by atoms with van der Waals surface area (Å²) >= 11 is 0. The zero-order chi connectivity index (χ0) is 10.5. The molecule has 84 valence electrons. The summed E-state index contributed by atoms with van der Waals surface area (Å²) in [7, 11) is 0. The van der Waals surface area contributed by atoms with E-state index in [0.717, 1.165) is 26.0 Å². The van der Waals surface area contributed by atoms with Crippen molar-refractivity contribution in [2.24, 2.45) is 5.92 Å². The Morgan fingerprint density at radius 2 is 2.19 bits per heavy atom. The first-order chi connectivity index (χ1) is 7.93. The van der Waals surface area contributed by atoms with Crippen molar-refractivity contribution < 1.29 is 9.57 Å². The van der Waals surface area contributed by atoms with Gasteiger partial charge in [0.1, 0.15) is 0 Å². The molecule has 2 saturated heterocycles. The molecule has 3 heteroatoms. The third-order valence-electron chi connectivity index (χ3n) is 4.01. The highest BCUT2D eigenvalue weighted by Gasteiger charge is 2.49. The fourth-order valence-electron chi connectivity index (χ4n) is 3.27. The van der Waals surface area contributed by atoms with Crippen molar-refractivity contribution in [2.75, 3.05) is 13.2 Å². The quantitative estimate of drug-likeness (QED) is 0.662. The van der Waals surface area contributed by atoms with E-state index < -0.39 is 0 Å². The molecule has 2 fully saturated rings. The Hall–Kier alpha value is -0.900. The Kier molecular flexibility index (Phi) is 1.89. The van der Waals surface area contributed by atoms with Gasteiger partial charge >= 0.3 is 0 Å². The molecule has 0 aromatic heterocycles. The van der Waals surface area contributed by atoms with Crippen LogP contribution in [0.2, 0.25) is 0 Å². The van der Waals surface area contributed by atoms with Crippen LogP contribution in [0.3, 0.4) is 0 Å². The highest BCUT2D eigenvalue weighted by molar-refractivity contribution is 5.33. The van der Waals surface area contributed by atoms with Crippen LogP contribution in [0, 0.1) is 5.92 Å². The minimum atomic E-state index is 0.0103. The first-order valence-corrected chi connectivity index (χ1v) is 6.06. The molecule has 3 aliphatic heterocycles. The number of hydrogen-bond acceptors (Lipinski definition) is 3. The summed E-state index contributed by atoms with van der Waals surface area (Å²) in [5, 5.41) is 2.14. The molecule has 0 N–H and O–H groups in total. The Labute approximate surface area is 94.9 Å². The minimum absolute atomic E-state index is 0.0103. The van der Waals surface area contributed by atoms with E-state index in [0.29, 0.717) is 12.0 Å². The molecular formula is C13H15NO2. The van der Waals surface area contributed by atoms with Gasteiger partial charge in [-0.05, 0) is 24.0 Å². The molecule has 1 aromatic carbocycles.